The van der Waals surface area contributed by atoms with Crippen LogP contribution in [0.1, 0.15) is 32.2 Å². The Labute approximate surface area is 165 Å². The number of nitrogens with one attached hydrogen (secondary N) is 2. The van der Waals surface area contributed by atoms with E-state index < -0.39 is 16.7 Å². The van der Waals surface area contributed by atoms with Gasteiger partial charge < -0.3 is 9.73 Å². The molecule has 0 aliphatic rings. The van der Waals surface area contributed by atoms with Gasteiger partial charge in [-0.3, -0.25) is 19.7 Å². The van der Waals surface area contributed by atoms with E-state index >= 15 is 0 Å². The number of anilines is 1. The third kappa shape index (κ3) is 5.13. The summed E-state index contributed by atoms with van der Waals surface area (Å²) in [7, 11) is 0. The topological polar surface area (TPSA) is 127 Å². The minimum absolute atomic E-state index is 0.106. The van der Waals surface area contributed by atoms with Crippen molar-refractivity contribution in [3.63, 3.8) is 0 Å². The fourth-order valence-corrected chi connectivity index (χ4v) is 2.42. The molecular weight excluding hydrogens is 376 g/mol. The lowest BCUT2D eigenvalue weighted by Crippen LogP contribution is -2.18. The lowest BCUT2D eigenvalue weighted by Gasteiger charge is -2.07. The summed E-state index contributed by atoms with van der Waals surface area (Å²) >= 11 is 0. The first-order valence-corrected chi connectivity index (χ1v) is 8.48. The molecule has 2 aromatic carbocycles. The molecule has 0 spiro atoms. The summed E-state index contributed by atoms with van der Waals surface area (Å²) in [6.45, 7) is 1.80. The summed E-state index contributed by atoms with van der Waals surface area (Å²) in [5, 5.41) is 17.2. The fourth-order valence-electron chi connectivity index (χ4n) is 2.42. The Balaban J connectivity index is 1.63. The van der Waals surface area contributed by atoms with Crippen molar-refractivity contribution < 1.29 is 18.9 Å². The molecule has 3 aromatic rings. The molecule has 9 heteroatoms. The van der Waals surface area contributed by atoms with Gasteiger partial charge in [-0.15, -0.1) is 0 Å². The van der Waals surface area contributed by atoms with Gasteiger partial charge in [0.05, 0.1) is 11.1 Å². The predicted octanol–water partition coefficient (Wildman–Crippen LogP) is 3.51. The van der Waals surface area contributed by atoms with Crippen LogP contribution in [0.15, 0.2) is 70.2 Å². The highest BCUT2D eigenvalue weighted by molar-refractivity contribution is 6.05. The first-order chi connectivity index (χ1) is 13.9. The summed E-state index contributed by atoms with van der Waals surface area (Å²) in [5.74, 6) is 0.320. The smallest absolute Gasteiger partial charge is 0.271 e. The number of amides is 2. The van der Waals surface area contributed by atoms with E-state index in [-0.39, 0.29) is 11.3 Å². The number of non-ortho nitro benzene ring substituents is 1. The molecular formula is C20H16N4O5. The van der Waals surface area contributed by atoms with Crippen LogP contribution >= 0.6 is 0 Å². The van der Waals surface area contributed by atoms with Crippen molar-refractivity contribution in [2.45, 2.75) is 6.92 Å². The highest BCUT2D eigenvalue weighted by atomic mass is 16.6. The molecule has 2 amide bonds. The minimum Gasteiger partial charge on any atom is -0.460 e. The third-order valence-corrected chi connectivity index (χ3v) is 3.84. The van der Waals surface area contributed by atoms with E-state index in [1.165, 1.54) is 36.5 Å². The molecule has 0 atom stereocenters. The van der Waals surface area contributed by atoms with Crippen molar-refractivity contribution in [1.82, 2.24) is 5.43 Å². The number of hydrogen-bond donors (Lipinski definition) is 2. The van der Waals surface area contributed by atoms with Gasteiger partial charge >= 0.3 is 0 Å². The number of benzene rings is 2. The minimum atomic E-state index is -0.542. The molecule has 0 aliphatic carbocycles. The first-order valence-electron chi connectivity index (χ1n) is 8.48. The summed E-state index contributed by atoms with van der Waals surface area (Å²) in [6, 6.07) is 15.0. The van der Waals surface area contributed by atoms with E-state index in [4.69, 9.17) is 4.42 Å². The average Bonchev–Trinajstić information content (AvgIpc) is 3.13. The van der Waals surface area contributed by atoms with Crippen LogP contribution in [0.3, 0.4) is 0 Å². The van der Waals surface area contributed by atoms with Crippen LogP contribution < -0.4 is 10.7 Å². The monoisotopic (exact) mass is 392 g/mol. The van der Waals surface area contributed by atoms with E-state index in [1.807, 2.05) is 0 Å². The zero-order chi connectivity index (χ0) is 20.8. The highest BCUT2D eigenvalue weighted by Crippen LogP contribution is 2.15. The largest absolute Gasteiger partial charge is 0.460 e. The van der Waals surface area contributed by atoms with Gasteiger partial charge in [-0.25, -0.2) is 5.43 Å². The molecule has 0 fully saturated rings. The number of hydrogen-bond acceptors (Lipinski definition) is 6. The van der Waals surface area contributed by atoms with Gasteiger partial charge in [0.15, 0.2) is 0 Å². The average molecular weight is 392 g/mol. The Kier molecular flexibility index (Phi) is 5.79. The first kappa shape index (κ1) is 19.5. The highest BCUT2D eigenvalue weighted by Gasteiger charge is 2.11. The second-order valence-corrected chi connectivity index (χ2v) is 5.99. The van der Waals surface area contributed by atoms with Gasteiger partial charge in [-0.1, -0.05) is 6.07 Å². The number of nitrogens with zero attached hydrogens (tertiary/aromatic N) is 2. The van der Waals surface area contributed by atoms with Crippen molar-refractivity contribution in [3.05, 3.63) is 93.4 Å². The second-order valence-electron chi connectivity index (χ2n) is 5.99. The Morgan fingerprint density at radius 3 is 2.45 bits per heavy atom. The van der Waals surface area contributed by atoms with Crippen molar-refractivity contribution >= 4 is 29.4 Å². The van der Waals surface area contributed by atoms with Gasteiger partial charge in [0.1, 0.15) is 11.5 Å². The number of hydrazone groups is 1. The van der Waals surface area contributed by atoms with Crippen molar-refractivity contribution in [2.24, 2.45) is 5.10 Å². The molecule has 1 heterocycles. The van der Waals surface area contributed by atoms with Gasteiger partial charge in [0.25, 0.3) is 17.5 Å². The van der Waals surface area contributed by atoms with Crippen LogP contribution in [-0.2, 0) is 0 Å². The van der Waals surface area contributed by atoms with Crippen LogP contribution in [0.2, 0.25) is 0 Å². The number of furan rings is 1. The normalized spacial score (nSPS) is 10.7. The van der Waals surface area contributed by atoms with Crippen molar-refractivity contribution in [1.29, 1.82) is 0 Å². The predicted molar refractivity (Wildman–Crippen MR) is 106 cm³/mol. The zero-order valence-corrected chi connectivity index (χ0v) is 15.3. The quantitative estimate of drug-likeness (QED) is 0.377. The number of rotatable bonds is 6. The molecule has 0 bridgehead atoms. The molecule has 0 unspecified atom stereocenters. The van der Waals surface area contributed by atoms with Gasteiger partial charge in [-0.2, -0.15) is 5.10 Å². The Bertz CT molecular complexity index is 1090. The molecule has 2 N–H and O–H groups in total. The molecule has 3 rings (SSSR count). The Morgan fingerprint density at radius 1 is 1.03 bits per heavy atom. The molecule has 0 saturated heterocycles. The van der Waals surface area contributed by atoms with Crippen molar-refractivity contribution in [3.8, 4) is 0 Å². The maximum atomic E-state index is 12.3. The third-order valence-electron chi connectivity index (χ3n) is 3.84. The van der Waals surface area contributed by atoms with E-state index in [2.05, 4.69) is 15.8 Å². The van der Waals surface area contributed by atoms with Crippen LogP contribution in [-0.4, -0.2) is 23.0 Å². The zero-order valence-electron chi connectivity index (χ0n) is 15.3. The number of carbonyl (C=O) groups excluding carboxylic acids is 2. The van der Waals surface area contributed by atoms with Crippen LogP contribution in [0, 0.1) is 17.0 Å². The van der Waals surface area contributed by atoms with E-state index in [0.29, 0.717) is 17.0 Å². The molecule has 9 nitrogen and oxygen atoms in total. The summed E-state index contributed by atoms with van der Waals surface area (Å²) in [6.07, 6.45) is 1.38. The molecule has 29 heavy (non-hydrogen) atoms. The van der Waals surface area contributed by atoms with Crippen LogP contribution in [0.25, 0.3) is 0 Å². The van der Waals surface area contributed by atoms with Crippen molar-refractivity contribution in [2.75, 3.05) is 5.32 Å². The summed E-state index contributed by atoms with van der Waals surface area (Å²) < 4.78 is 5.31. The SMILES string of the molecule is Cc1ccc(C=NNC(=O)c2cccc(NC(=O)c3ccc([N+](=O)[O-])cc3)c2)o1. The molecule has 0 radical (unpaired) electrons. The van der Waals surface area contributed by atoms with Gasteiger partial charge in [-0.05, 0) is 49.4 Å². The van der Waals surface area contributed by atoms with Gasteiger partial charge in [0.2, 0.25) is 0 Å². The number of nitro benzene ring substituents is 1. The molecule has 1 aromatic heterocycles. The van der Waals surface area contributed by atoms with E-state index in [9.17, 15) is 19.7 Å². The summed E-state index contributed by atoms with van der Waals surface area (Å²) in [5.41, 5.74) is 3.21. The fraction of sp³-hybridized carbons (Fsp3) is 0.0500. The lowest BCUT2D eigenvalue weighted by atomic mass is 10.1. The molecule has 0 aliphatic heterocycles. The van der Waals surface area contributed by atoms with E-state index in [1.54, 1.807) is 37.3 Å². The Morgan fingerprint density at radius 2 is 1.79 bits per heavy atom. The second kappa shape index (κ2) is 8.61. The van der Waals surface area contributed by atoms with Crippen LogP contribution in [0.5, 0.6) is 0 Å². The van der Waals surface area contributed by atoms with Gasteiger partial charge in [0, 0.05) is 28.9 Å². The lowest BCUT2D eigenvalue weighted by molar-refractivity contribution is -0.384. The molecule has 0 saturated carbocycles. The maximum absolute atomic E-state index is 12.3. The standard InChI is InChI=1S/C20H16N4O5/c1-13-5-10-18(29-13)12-21-23-20(26)15-3-2-4-16(11-15)22-19(25)14-6-8-17(9-7-14)24(27)28/h2-12H,1H3,(H,22,25)(H,23,26). The summed E-state index contributed by atoms with van der Waals surface area (Å²) in [4.78, 5) is 34.6. The number of aryl methyl sites for hydroxylation is 1. The Hall–Kier alpha value is -4.27. The number of carbonyl (C=O) groups is 2. The number of nitro groups is 1. The van der Waals surface area contributed by atoms with E-state index in [0.717, 1.165) is 5.76 Å². The van der Waals surface area contributed by atoms with Crippen LogP contribution in [0.4, 0.5) is 11.4 Å². The molecule has 146 valence electrons. The maximum Gasteiger partial charge on any atom is 0.271 e.